The summed E-state index contributed by atoms with van der Waals surface area (Å²) in [6.07, 6.45) is 3.29. The van der Waals surface area contributed by atoms with Gasteiger partial charge in [-0.25, -0.2) is 0 Å². The standard InChI is InChI=1S/C27H35BrN2O6/c1-4-9-16(3)29(12-5-2)25(33)23-27-14-19(28)22(36-27)20(26(34)35)21(27)24(32)30(23)18(15-31)13-17-10-7-6-8-11-17/h5-8,10-11,16,18-23,31H,2,4,9,12-15H2,1,3H3,(H,34,35)/t16?,18-,19?,20-,21+,22-,23-,27+/m1/s1. The van der Waals surface area contributed by atoms with Crippen LogP contribution in [0.25, 0.3) is 0 Å². The number of alkyl halides is 1. The highest BCUT2D eigenvalue weighted by Gasteiger charge is 2.77. The number of carboxylic acid groups (broad SMARTS) is 1. The van der Waals surface area contributed by atoms with E-state index < -0.39 is 47.5 Å². The van der Waals surface area contributed by atoms with Gasteiger partial charge in [-0.05, 0) is 31.7 Å². The zero-order valence-corrected chi connectivity index (χ0v) is 22.3. The fourth-order valence-corrected chi connectivity index (χ4v) is 7.46. The lowest BCUT2D eigenvalue weighted by atomic mass is 9.70. The van der Waals surface area contributed by atoms with E-state index in [9.17, 15) is 24.6 Å². The van der Waals surface area contributed by atoms with Crippen molar-refractivity contribution in [3.63, 3.8) is 0 Å². The summed E-state index contributed by atoms with van der Waals surface area (Å²) in [7, 11) is 0. The smallest absolute Gasteiger partial charge is 0.310 e. The molecular weight excluding hydrogens is 528 g/mol. The van der Waals surface area contributed by atoms with Crippen LogP contribution in [0.15, 0.2) is 43.0 Å². The number of ether oxygens (including phenoxy) is 1. The van der Waals surface area contributed by atoms with Gasteiger partial charge in [-0.15, -0.1) is 6.58 Å². The van der Waals surface area contributed by atoms with Gasteiger partial charge in [0.25, 0.3) is 0 Å². The molecule has 0 aliphatic carbocycles. The second kappa shape index (κ2) is 10.6. The Bertz CT molecular complexity index is 1010. The van der Waals surface area contributed by atoms with E-state index in [0.29, 0.717) is 19.4 Å². The molecule has 2 amide bonds. The van der Waals surface area contributed by atoms with Crippen molar-refractivity contribution >= 4 is 33.7 Å². The molecule has 2 N–H and O–H groups in total. The fourth-order valence-electron chi connectivity index (χ4n) is 6.52. The number of carboxylic acids is 1. The first-order chi connectivity index (χ1) is 17.2. The molecule has 0 radical (unpaired) electrons. The molecule has 3 aliphatic rings. The minimum Gasteiger partial charge on any atom is -0.481 e. The third-order valence-corrected chi connectivity index (χ3v) is 8.86. The van der Waals surface area contributed by atoms with E-state index >= 15 is 0 Å². The predicted octanol–water partition coefficient (Wildman–Crippen LogP) is 2.63. The van der Waals surface area contributed by atoms with Crippen LogP contribution in [0.2, 0.25) is 0 Å². The number of fused-ring (bicyclic) bond motifs is 1. The van der Waals surface area contributed by atoms with Gasteiger partial charge >= 0.3 is 5.97 Å². The third kappa shape index (κ3) is 4.29. The van der Waals surface area contributed by atoms with E-state index in [1.54, 1.807) is 11.0 Å². The average Bonchev–Trinajstić information content (AvgIpc) is 3.45. The molecule has 2 bridgehead atoms. The van der Waals surface area contributed by atoms with Crippen LogP contribution in [0, 0.1) is 11.8 Å². The Hall–Kier alpha value is -2.23. The molecule has 1 aromatic carbocycles. The Morgan fingerprint density at radius 1 is 1.36 bits per heavy atom. The molecule has 196 valence electrons. The third-order valence-electron chi connectivity index (χ3n) is 8.01. The number of hydrogen-bond acceptors (Lipinski definition) is 5. The molecule has 1 aromatic rings. The van der Waals surface area contributed by atoms with Crippen LogP contribution in [-0.4, -0.2) is 85.6 Å². The maximum absolute atomic E-state index is 14.3. The molecule has 3 fully saturated rings. The number of halogens is 1. The molecule has 3 saturated heterocycles. The van der Waals surface area contributed by atoms with Gasteiger partial charge in [0.15, 0.2) is 0 Å². The molecule has 8 nitrogen and oxygen atoms in total. The molecule has 8 atom stereocenters. The van der Waals surface area contributed by atoms with E-state index in [2.05, 4.69) is 22.5 Å². The molecule has 1 spiro atoms. The van der Waals surface area contributed by atoms with Gasteiger partial charge in [0.05, 0.1) is 30.6 Å². The summed E-state index contributed by atoms with van der Waals surface area (Å²) in [5, 5.41) is 20.5. The van der Waals surface area contributed by atoms with Crippen molar-refractivity contribution in [2.24, 2.45) is 11.8 Å². The number of likely N-dealkylation sites (tertiary alicyclic amines) is 1. The number of aliphatic hydroxyl groups excluding tert-OH is 1. The summed E-state index contributed by atoms with van der Waals surface area (Å²) < 4.78 is 6.37. The highest BCUT2D eigenvalue weighted by atomic mass is 79.9. The van der Waals surface area contributed by atoms with Crippen molar-refractivity contribution < 1.29 is 29.3 Å². The van der Waals surface area contributed by atoms with Gasteiger partial charge in [-0.2, -0.15) is 0 Å². The van der Waals surface area contributed by atoms with Gasteiger partial charge < -0.3 is 24.7 Å². The number of benzene rings is 1. The highest BCUT2D eigenvalue weighted by molar-refractivity contribution is 9.09. The van der Waals surface area contributed by atoms with Crippen LogP contribution in [0.1, 0.15) is 38.7 Å². The number of aliphatic carboxylic acids is 1. The number of carbonyl (C=O) groups excluding carboxylic acids is 2. The maximum atomic E-state index is 14.3. The summed E-state index contributed by atoms with van der Waals surface area (Å²) >= 11 is 3.57. The van der Waals surface area contributed by atoms with E-state index in [1.807, 2.05) is 44.2 Å². The van der Waals surface area contributed by atoms with Gasteiger partial charge in [0.1, 0.15) is 11.6 Å². The van der Waals surface area contributed by atoms with Crippen molar-refractivity contribution in [2.75, 3.05) is 13.2 Å². The Morgan fingerprint density at radius 3 is 2.64 bits per heavy atom. The second-order valence-electron chi connectivity index (χ2n) is 10.2. The van der Waals surface area contributed by atoms with Gasteiger partial charge in [0, 0.05) is 17.4 Å². The average molecular weight is 563 g/mol. The number of aliphatic hydroxyl groups is 1. The normalized spacial score (nSPS) is 32.3. The quantitative estimate of drug-likeness (QED) is 0.317. The van der Waals surface area contributed by atoms with Gasteiger partial charge in [-0.1, -0.05) is 65.7 Å². The maximum Gasteiger partial charge on any atom is 0.310 e. The van der Waals surface area contributed by atoms with Gasteiger partial charge in [-0.3, -0.25) is 14.4 Å². The lowest BCUT2D eigenvalue weighted by Crippen LogP contribution is -2.60. The minimum atomic E-state index is -1.27. The summed E-state index contributed by atoms with van der Waals surface area (Å²) in [4.78, 5) is 43.6. The Labute approximate surface area is 220 Å². The van der Waals surface area contributed by atoms with Crippen LogP contribution >= 0.6 is 15.9 Å². The largest absolute Gasteiger partial charge is 0.481 e. The number of hydrogen-bond donors (Lipinski definition) is 2. The van der Waals surface area contributed by atoms with Crippen molar-refractivity contribution in [3.05, 3.63) is 48.6 Å². The minimum absolute atomic E-state index is 0.108. The second-order valence-corrected chi connectivity index (χ2v) is 11.4. The van der Waals surface area contributed by atoms with Crippen LogP contribution in [-0.2, 0) is 25.5 Å². The SMILES string of the molecule is C=CCN(C(=O)[C@H]1N([C@@H](CO)Cc2ccccc2)C(=O)[C@@H]2[C@@H](C(=O)O)[C@@H]3O[C@@]21CC3Br)C(C)CCC. The number of carbonyl (C=O) groups is 3. The summed E-state index contributed by atoms with van der Waals surface area (Å²) in [5.41, 5.74) is -0.364. The van der Waals surface area contributed by atoms with Crippen LogP contribution in [0.5, 0.6) is 0 Å². The molecule has 3 heterocycles. The summed E-state index contributed by atoms with van der Waals surface area (Å²) in [6, 6.07) is 7.61. The van der Waals surface area contributed by atoms with Crippen molar-refractivity contribution in [1.29, 1.82) is 0 Å². The lowest BCUT2D eigenvalue weighted by Gasteiger charge is -2.41. The van der Waals surface area contributed by atoms with E-state index in [-0.39, 0.29) is 23.4 Å². The topological polar surface area (TPSA) is 107 Å². The molecule has 3 aliphatic heterocycles. The monoisotopic (exact) mass is 562 g/mol. The Kier molecular flexibility index (Phi) is 7.92. The Balaban J connectivity index is 1.81. The molecule has 0 aromatic heterocycles. The zero-order chi connectivity index (χ0) is 26.2. The molecule has 4 rings (SSSR count). The number of nitrogens with zero attached hydrogens (tertiary/aromatic N) is 2. The van der Waals surface area contributed by atoms with Crippen LogP contribution in [0.4, 0.5) is 0 Å². The summed E-state index contributed by atoms with van der Waals surface area (Å²) in [6.45, 7) is 7.77. The van der Waals surface area contributed by atoms with E-state index in [4.69, 9.17) is 4.74 Å². The van der Waals surface area contributed by atoms with Gasteiger partial charge in [0.2, 0.25) is 11.8 Å². The molecule has 0 saturated carbocycles. The first kappa shape index (κ1) is 26.8. The molecule has 36 heavy (non-hydrogen) atoms. The molecule has 2 unspecified atom stereocenters. The van der Waals surface area contributed by atoms with Crippen molar-refractivity contribution in [3.8, 4) is 0 Å². The van der Waals surface area contributed by atoms with Crippen molar-refractivity contribution in [1.82, 2.24) is 9.80 Å². The number of rotatable bonds is 11. The van der Waals surface area contributed by atoms with Crippen LogP contribution in [0.3, 0.4) is 0 Å². The molecule has 9 heteroatoms. The number of amides is 2. The fraction of sp³-hybridized carbons (Fsp3) is 0.593. The highest BCUT2D eigenvalue weighted by Crippen LogP contribution is 2.60. The van der Waals surface area contributed by atoms with Crippen molar-refractivity contribution in [2.45, 2.75) is 74.2 Å². The zero-order valence-electron chi connectivity index (χ0n) is 20.8. The first-order valence-electron chi connectivity index (χ1n) is 12.6. The Morgan fingerprint density at radius 2 is 2.06 bits per heavy atom. The van der Waals surface area contributed by atoms with E-state index in [0.717, 1.165) is 18.4 Å². The lowest BCUT2D eigenvalue weighted by molar-refractivity contribution is -0.154. The predicted molar refractivity (Wildman–Crippen MR) is 137 cm³/mol. The summed E-state index contributed by atoms with van der Waals surface area (Å²) in [5.74, 6) is -3.88. The molecular formula is C27H35BrN2O6. The first-order valence-corrected chi connectivity index (χ1v) is 13.6. The van der Waals surface area contributed by atoms with Crippen LogP contribution < -0.4 is 0 Å². The van der Waals surface area contributed by atoms with E-state index in [1.165, 1.54) is 4.90 Å².